The Hall–Kier alpha value is -4.14. The molecule has 0 aromatic heterocycles. The van der Waals surface area contributed by atoms with Crippen molar-refractivity contribution in [3.63, 3.8) is 0 Å². The van der Waals surface area contributed by atoms with Crippen molar-refractivity contribution in [2.24, 2.45) is 0 Å². The molecule has 2 amide bonds. The molecular formula is C36H40ClN3O4S. The first kappa shape index (κ1) is 33.7. The Morgan fingerprint density at radius 3 is 2.13 bits per heavy atom. The van der Waals surface area contributed by atoms with E-state index in [1.807, 2.05) is 81.4 Å². The minimum atomic E-state index is -4.20. The number of amides is 2. The van der Waals surface area contributed by atoms with Crippen LogP contribution >= 0.6 is 11.6 Å². The predicted octanol–water partition coefficient (Wildman–Crippen LogP) is 6.71. The Labute approximate surface area is 271 Å². The van der Waals surface area contributed by atoms with Gasteiger partial charge in [0, 0.05) is 24.0 Å². The van der Waals surface area contributed by atoms with E-state index < -0.39 is 28.5 Å². The average molecular weight is 646 g/mol. The lowest BCUT2D eigenvalue weighted by Crippen LogP contribution is -2.54. The second-order valence-electron chi connectivity index (χ2n) is 11.3. The van der Waals surface area contributed by atoms with E-state index in [1.54, 1.807) is 25.1 Å². The maximum atomic E-state index is 14.6. The molecule has 7 nitrogen and oxygen atoms in total. The summed E-state index contributed by atoms with van der Waals surface area (Å²) in [6.07, 6.45) is 0.977. The van der Waals surface area contributed by atoms with E-state index >= 15 is 0 Å². The number of halogens is 1. The fraction of sp³-hybridized carbons (Fsp3) is 0.278. The largest absolute Gasteiger partial charge is 0.352 e. The highest BCUT2D eigenvalue weighted by Gasteiger charge is 2.35. The Bertz CT molecular complexity index is 1710. The van der Waals surface area contributed by atoms with Crippen molar-refractivity contribution >= 4 is 39.1 Å². The number of nitrogens with one attached hydrogen (secondary N) is 1. The molecule has 45 heavy (non-hydrogen) atoms. The summed E-state index contributed by atoms with van der Waals surface area (Å²) >= 11 is 6.07. The summed E-state index contributed by atoms with van der Waals surface area (Å²) in [6, 6.07) is 29.1. The zero-order valence-corrected chi connectivity index (χ0v) is 27.7. The Kier molecular flexibility index (Phi) is 11.4. The molecule has 9 heteroatoms. The highest BCUT2D eigenvalue weighted by atomic mass is 35.5. The van der Waals surface area contributed by atoms with Crippen LogP contribution in [0.1, 0.15) is 42.5 Å². The lowest BCUT2D eigenvalue weighted by molar-refractivity contribution is -0.140. The summed E-state index contributed by atoms with van der Waals surface area (Å²) in [6.45, 7) is 7.27. The predicted molar refractivity (Wildman–Crippen MR) is 181 cm³/mol. The van der Waals surface area contributed by atoms with Crippen molar-refractivity contribution in [3.05, 3.63) is 130 Å². The molecule has 0 saturated heterocycles. The molecule has 0 aliphatic heterocycles. The smallest absolute Gasteiger partial charge is 0.264 e. The summed E-state index contributed by atoms with van der Waals surface area (Å²) in [7, 11) is -4.20. The highest BCUT2D eigenvalue weighted by molar-refractivity contribution is 7.92. The first-order chi connectivity index (χ1) is 21.5. The Morgan fingerprint density at radius 2 is 1.49 bits per heavy atom. The third-order valence-corrected chi connectivity index (χ3v) is 9.80. The van der Waals surface area contributed by atoms with Gasteiger partial charge in [0.2, 0.25) is 11.8 Å². The minimum absolute atomic E-state index is 0.00327. The molecule has 1 N–H and O–H groups in total. The van der Waals surface area contributed by atoms with Gasteiger partial charge in [-0.25, -0.2) is 8.42 Å². The number of para-hydroxylation sites is 1. The van der Waals surface area contributed by atoms with Gasteiger partial charge in [0.15, 0.2) is 0 Å². The first-order valence-electron chi connectivity index (χ1n) is 15.0. The number of hydrogen-bond donors (Lipinski definition) is 1. The maximum Gasteiger partial charge on any atom is 0.264 e. The van der Waals surface area contributed by atoms with Gasteiger partial charge >= 0.3 is 0 Å². The lowest BCUT2D eigenvalue weighted by atomic mass is 10.0. The monoisotopic (exact) mass is 645 g/mol. The molecule has 0 aliphatic rings. The Morgan fingerprint density at radius 1 is 0.844 bits per heavy atom. The number of anilines is 1. The molecule has 0 unspecified atom stereocenters. The fourth-order valence-electron chi connectivity index (χ4n) is 5.09. The molecule has 0 saturated carbocycles. The van der Waals surface area contributed by atoms with E-state index in [1.165, 1.54) is 29.2 Å². The van der Waals surface area contributed by atoms with E-state index in [0.717, 1.165) is 27.4 Å². The average Bonchev–Trinajstić information content (AvgIpc) is 3.02. The summed E-state index contributed by atoms with van der Waals surface area (Å²) in [5, 5.41) is 3.46. The molecule has 236 valence electrons. The second kappa shape index (κ2) is 15.2. The van der Waals surface area contributed by atoms with E-state index in [-0.39, 0.29) is 29.8 Å². The number of aryl methyl sites for hydroxylation is 2. The summed E-state index contributed by atoms with van der Waals surface area (Å²) in [5.74, 6) is -0.797. The molecule has 0 spiro atoms. The standard InChI is InChI=1S/C36H40ClN3O4S/c1-5-28(4)38-36(42)34(23-29-14-7-6-8-15-29)39(24-30-16-11-12-26(2)22-30)35(41)25-40(33-17-10-9-13-27(33)3)45(43,44)32-20-18-31(37)19-21-32/h6-22,28,34H,5,23-25H2,1-4H3,(H,38,42)/t28-,34-/m1/s1. The van der Waals surface area contributed by atoms with Crippen molar-refractivity contribution in [1.29, 1.82) is 0 Å². The van der Waals surface area contributed by atoms with Crippen LogP contribution in [0, 0.1) is 13.8 Å². The van der Waals surface area contributed by atoms with Crippen molar-refractivity contribution in [3.8, 4) is 0 Å². The number of hydrogen-bond acceptors (Lipinski definition) is 4. The zero-order chi connectivity index (χ0) is 32.6. The van der Waals surface area contributed by atoms with Gasteiger partial charge in [0.05, 0.1) is 10.6 Å². The number of carbonyl (C=O) groups is 2. The van der Waals surface area contributed by atoms with Crippen LogP contribution in [0.25, 0.3) is 0 Å². The van der Waals surface area contributed by atoms with Crippen molar-refractivity contribution in [1.82, 2.24) is 10.2 Å². The molecule has 4 aromatic rings. The van der Waals surface area contributed by atoms with Crippen LogP contribution in [-0.4, -0.2) is 43.8 Å². The van der Waals surface area contributed by atoms with Gasteiger partial charge in [0.1, 0.15) is 12.6 Å². The number of rotatable bonds is 13. The van der Waals surface area contributed by atoms with Crippen LogP contribution in [0.3, 0.4) is 0 Å². The molecule has 0 radical (unpaired) electrons. The van der Waals surface area contributed by atoms with Gasteiger partial charge in [-0.2, -0.15) is 0 Å². The highest BCUT2D eigenvalue weighted by Crippen LogP contribution is 2.28. The van der Waals surface area contributed by atoms with E-state index in [2.05, 4.69) is 5.32 Å². The summed E-state index contributed by atoms with van der Waals surface area (Å²) in [5.41, 5.74) is 3.79. The lowest BCUT2D eigenvalue weighted by Gasteiger charge is -2.34. The van der Waals surface area contributed by atoms with E-state index in [9.17, 15) is 18.0 Å². The maximum absolute atomic E-state index is 14.6. The number of sulfonamides is 1. The molecule has 2 atom stereocenters. The minimum Gasteiger partial charge on any atom is -0.352 e. The van der Waals surface area contributed by atoms with Gasteiger partial charge in [-0.15, -0.1) is 0 Å². The van der Waals surface area contributed by atoms with Gasteiger partial charge < -0.3 is 10.2 Å². The molecule has 4 aromatic carbocycles. The SMILES string of the molecule is CC[C@@H](C)NC(=O)[C@@H](Cc1ccccc1)N(Cc1cccc(C)c1)C(=O)CN(c1ccccc1C)S(=O)(=O)c1ccc(Cl)cc1. The van der Waals surface area contributed by atoms with Crippen molar-refractivity contribution < 1.29 is 18.0 Å². The third kappa shape index (κ3) is 8.74. The normalized spacial score (nSPS) is 12.6. The van der Waals surface area contributed by atoms with Gasteiger partial charge in [-0.1, -0.05) is 96.9 Å². The molecule has 0 fully saturated rings. The van der Waals surface area contributed by atoms with Gasteiger partial charge in [0.25, 0.3) is 10.0 Å². The number of nitrogens with zero attached hydrogens (tertiary/aromatic N) is 2. The van der Waals surface area contributed by atoms with Crippen LogP contribution in [0.5, 0.6) is 0 Å². The molecular weight excluding hydrogens is 606 g/mol. The van der Waals surface area contributed by atoms with Gasteiger partial charge in [-0.3, -0.25) is 13.9 Å². The summed E-state index contributed by atoms with van der Waals surface area (Å²) < 4.78 is 29.5. The topological polar surface area (TPSA) is 86.8 Å². The van der Waals surface area contributed by atoms with Crippen LogP contribution in [0.4, 0.5) is 5.69 Å². The van der Waals surface area contributed by atoms with E-state index in [0.29, 0.717) is 16.3 Å². The molecule has 4 rings (SSSR count). The van der Waals surface area contributed by atoms with Crippen LogP contribution in [0.2, 0.25) is 5.02 Å². The van der Waals surface area contributed by atoms with Crippen LogP contribution < -0.4 is 9.62 Å². The Balaban J connectivity index is 1.82. The third-order valence-electron chi connectivity index (χ3n) is 7.77. The van der Waals surface area contributed by atoms with E-state index in [4.69, 9.17) is 11.6 Å². The van der Waals surface area contributed by atoms with Gasteiger partial charge in [-0.05, 0) is 74.2 Å². The quantitative estimate of drug-likeness (QED) is 0.175. The number of carbonyl (C=O) groups excluding carboxylic acids is 2. The summed E-state index contributed by atoms with van der Waals surface area (Å²) in [4.78, 5) is 30.0. The molecule has 0 heterocycles. The van der Waals surface area contributed by atoms with Crippen LogP contribution in [0.15, 0.2) is 108 Å². The first-order valence-corrected chi connectivity index (χ1v) is 16.8. The fourth-order valence-corrected chi connectivity index (χ4v) is 6.70. The number of benzene rings is 4. The molecule has 0 aliphatic carbocycles. The van der Waals surface area contributed by atoms with Crippen LogP contribution in [-0.2, 0) is 32.6 Å². The van der Waals surface area contributed by atoms with Crippen molar-refractivity contribution in [2.75, 3.05) is 10.8 Å². The molecule has 0 bridgehead atoms. The van der Waals surface area contributed by atoms with Crippen molar-refractivity contribution in [2.45, 2.75) is 64.1 Å². The second-order valence-corrected chi connectivity index (χ2v) is 13.6. The zero-order valence-electron chi connectivity index (χ0n) is 26.1.